The fourth-order valence-electron chi connectivity index (χ4n) is 4.15. The Kier molecular flexibility index (Phi) is 6.33. The van der Waals surface area contributed by atoms with Crippen molar-refractivity contribution in [3.8, 4) is 0 Å². The van der Waals surface area contributed by atoms with Crippen LogP contribution >= 0.6 is 12.4 Å². The monoisotopic (exact) mass is 315 g/mol. The lowest BCUT2D eigenvalue weighted by molar-refractivity contribution is -0.123. The fraction of sp³-hybridized carbons (Fsp3) is 0.938. The Morgan fingerprint density at radius 1 is 1.14 bits per heavy atom. The van der Waals surface area contributed by atoms with E-state index in [1.54, 1.807) is 0 Å². The third kappa shape index (κ3) is 4.57. The van der Waals surface area contributed by atoms with Gasteiger partial charge in [-0.3, -0.25) is 9.69 Å². The minimum Gasteiger partial charge on any atom is -0.352 e. The molecule has 21 heavy (non-hydrogen) atoms. The van der Waals surface area contributed by atoms with Crippen LogP contribution in [0, 0.1) is 5.92 Å². The smallest absolute Gasteiger partial charge is 0.234 e. The summed E-state index contributed by atoms with van der Waals surface area (Å²) in [5.41, 5.74) is 0. The number of hydrogen-bond donors (Lipinski definition) is 2. The molecule has 2 saturated heterocycles. The molecule has 0 aromatic rings. The van der Waals surface area contributed by atoms with Crippen LogP contribution in [0.5, 0.6) is 0 Å². The lowest BCUT2D eigenvalue weighted by atomic mass is 9.86. The predicted molar refractivity (Wildman–Crippen MR) is 87.8 cm³/mol. The number of amides is 1. The van der Waals surface area contributed by atoms with Crippen LogP contribution in [0.15, 0.2) is 0 Å². The van der Waals surface area contributed by atoms with Crippen LogP contribution < -0.4 is 10.6 Å². The minimum atomic E-state index is 0. The van der Waals surface area contributed by atoms with E-state index in [9.17, 15) is 4.79 Å². The molecule has 3 fully saturated rings. The SMILES string of the molecule is CC1CCCCC1NC(=O)CN1CCC2CCC(C1)N2.Cl. The molecule has 2 aliphatic heterocycles. The van der Waals surface area contributed by atoms with E-state index in [-0.39, 0.29) is 18.3 Å². The summed E-state index contributed by atoms with van der Waals surface area (Å²) in [6, 6.07) is 1.73. The fourth-order valence-corrected chi connectivity index (χ4v) is 4.15. The first-order valence-corrected chi connectivity index (χ1v) is 8.48. The van der Waals surface area contributed by atoms with Crippen molar-refractivity contribution in [2.45, 2.75) is 70.0 Å². The molecular weight excluding hydrogens is 286 g/mol. The third-order valence-electron chi connectivity index (χ3n) is 5.43. The number of carbonyl (C=O) groups excluding carboxylic acids is 1. The number of halogens is 1. The van der Waals surface area contributed by atoms with Gasteiger partial charge in [-0.1, -0.05) is 19.8 Å². The zero-order valence-electron chi connectivity index (χ0n) is 13.1. The maximum Gasteiger partial charge on any atom is 0.234 e. The van der Waals surface area contributed by atoms with E-state index in [4.69, 9.17) is 0 Å². The zero-order valence-corrected chi connectivity index (χ0v) is 14.0. The van der Waals surface area contributed by atoms with Crippen LogP contribution in [0.4, 0.5) is 0 Å². The van der Waals surface area contributed by atoms with Gasteiger partial charge in [0.05, 0.1) is 6.54 Å². The molecule has 3 aliphatic rings. The minimum absolute atomic E-state index is 0. The zero-order chi connectivity index (χ0) is 13.9. The molecule has 122 valence electrons. The van der Waals surface area contributed by atoms with Gasteiger partial charge >= 0.3 is 0 Å². The molecule has 4 nitrogen and oxygen atoms in total. The molecule has 3 rings (SSSR count). The second-order valence-electron chi connectivity index (χ2n) is 7.10. The first-order chi connectivity index (χ1) is 9.70. The molecule has 5 heteroatoms. The van der Waals surface area contributed by atoms with E-state index in [0.29, 0.717) is 30.6 Å². The van der Waals surface area contributed by atoms with Gasteiger partial charge in [-0.05, 0) is 38.0 Å². The summed E-state index contributed by atoms with van der Waals surface area (Å²) in [7, 11) is 0. The quantitative estimate of drug-likeness (QED) is 0.836. The first-order valence-electron chi connectivity index (χ1n) is 8.48. The summed E-state index contributed by atoms with van der Waals surface area (Å²) in [4.78, 5) is 14.6. The van der Waals surface area contributed by atoms with E-state index in [2.05, 4.69) is 22.5 Å². The molecule has 0 radical (unpaired) electrons. The lowest BCUT2D eigenvalue weighted by Gasteiger charge is -2.31. The summed E-state index contributed by atoms with van der Waals surface area (Å²) in [5, 5.41) is 6.95. The topological polar surface area (TPSA) is 44.4 Å². The Labute approximate surface area is 134 Å². The molecule has 1 saturated carbocycles. The van der Waals surface area contributed by atoms with Gasteiger partial charge in [0.1, 0.15) is 0 Å². The van der Waals surface area contributed by atoms with Crippen molar-refractivity contribution in [1.82, 2.24) is 15.5 Å². The van der Waals surface area contributed by atoms with Crippen molar-refractivity contribution >= 4 is 18.3 Å². The summed E-state index contributed by atoms with van der Waals surface area (Å²) < 4.78 is 0. The highest BCUT2D eigenvalue weighted by Crippen LogP contribution is 2.24. The highest BCUT2D eigenvalue weighted by molar-refractivity contribution is 5.85. The van der Waals surface area contributed by atoms with E-state index in [0.717, 1.165) is 13.1 Å². The molecule has 4 unspecified atom stereocenters. The van der Waals surface area contributed by atoms with Crippen molar-refractivity contribution in [3.05, 3.63) is 0 Å². The van der Waals surface area contributed by atoms with Crippen LogP contribution in [-0.4, -0.2) is 48.6 Å². The van der Waals surface area contributed by atoms with Gasteiger partial charge in [0.25, 0.3) is 0 Å². The maximum absolute atomic E-state index is 12.3. The van der Waals surface area contributed by atoms with Crippen LogP contribution in [-0.2, 0) is 4.79 Å². The van der Waals surface area contributed by atoms with Gasteiger partial charge in [-0.15, -0.1) is 12.4 Å². The van der Waals surface area contributed by atoms with E-state index >= 15 is 0 Å². The van der Waals surface area contributed by atoms with Gasteiger partial charge in [0.15, 0.2) is 0 Å². The summed E-state index contributed by atoms with van der Waals surface area (Å²) >= 11 is 0. The van der Waals surface area contributed by atoms with Crippen LogP contribution in [0.1, 0.15) is 51.9 Å². The standard InChI is InChI=1S/C16H29N3O.ClH/c1-12-4-2-3-5-15(12)18-16(20)11-19-9-8-13-6-7-14(10-19)17-13;/h12-15,17H,2-11H2,1H3,(H,18,20);1H. The number of carbonyl (C=O) groups is 1. The molecule has 1 amide bonds. The van der Waals surface area contributed by atoms with Gasteiger partial charge < -0.3 is 10.6 Å². The van der Waals surface area contributed by atoms with Crippen molar-refractivity contribution in [2.24, 2.45) is 5.92 Å². The second-order valence-corrected chi connectivity index (χ2v) is 7.10. The molecule has 0 aromatic heterocycles. The molecule has 4 atom stereocenters. The van der Waals surface area contributed by atoms with Crippen LogP contribution in [0.2, 0.25) is 0 Å². The molecule has 2 heterocycles. The van der Waals surface area contributed by atoms with Crippen LogP contribution in [0.25, 0.3) is 0 Å². The van der Waals surface area contributed by atoms with Gasteiger partial charge in [0, 0.05) is 31.2 Å². The second kappa shape index (κ2) is 7.80. The van der Waals surface area contributed by atoms with Crippen molar-refractivity contribution in [3.63, 3.8) is 0 Å². The Morgan fingerprint density at radius 2 is 1.90 bits per heavy atom. The largest absolute Gasteiger partial charge is 0.352 e. The number of nitrogens with one attached hydrogen (secondary N) is 2. The highest BCUT2D eigenvalue weighted by atomic mass is 35.5. The molecular formula is C16H30ClN3O. The van der Waals surface area contributed by atoms with Gasteiger partial charge in [0.2, 0.25) is 5.91 Å². The Balaban J connectivity index is 0.00000161. The summed E-state index contributed by atoms with van der Waals surface area (Å²) in [6.07, 6.45) is 8.83. The van der Waals surface area contributed by atoms with E-state index < -0.39 is 0 Å². The third-order valence-corrected chi connectivity index (χ3v) is 5.43. The molecule has 1 aliphatic carbocycles. The molecule has 2 N–H and O–H groups in total. The molecule has 0 spiro atoms. The Morgan fingerprint density at radius 3 is 2.71 bits per heavy atom. The van der Waals surface area contributed by atoms with E-state index in [1.807, 2.05) is 0 Å². The van der Waals surface area contributed by atoms with Crippen molar-refractivity contribution in [2.75, 3.05) is 19.6 Å². The maximum atomic E-state index is 12.3. The Hall–Kier alpha value is -0.320. The number of likely N-dealkylation sites (tertiary alicyclic amines) is 1. The number of rotatable bonds is 3. The predicted octanol–water partition coefficient (Wildman–Crippen LogP) is 1.93. The van der Waals surface area contributed by atoms with Crippen molar-refractivity contribution in [1.29, 1.82) is 0 Å². The lowest BCUT2D eigenvalue weighted by Crippen LogP contribution is -2.47. The van der Waals surface area contributed by atoms with Crippen molar-refractivity contribution < 1.29 is 4.79 Å². The normalized spacial score (nSPS) is 36.6. The number of hydrogen-bond acceptors (Lipinski definition) is 3. The summed E-state index contributed by atoms with van der Waals surface area (Å²) in [6.45, 7) is 4.99. The highest BCUT2D eigenvalue weighted by Gasteiger charge is 2.30. The summed E-state index contributed by atoms with van der Waals surface area (Å²) in [5.74, 6) is 0.885. The Bertz CT molecular complexity index is 352. The average molecular weight is 316 g/mol. The van der Waals surface area contributed by atoms with Crippen LogP contribution in [0.3, 0.4) is 0 Å². The van der Waals surface area contributed by atoms with Gasteiger partial charge in [-0.25, -0.2) is 0 Å². The van der Waals surface area contributed by atoms with E-state index in [1.165, 1.54) is 44.9 Å². The number of fused-ring (bicyclic) bond motifs is 2. The number of nitrogens with zero attached hydrogens (tertiary/aromatic N) is 1. The van der Waals surface area contributed by atoms with Gasteiger partial charge in [-0.2, -0.15) is 0 Å². The average Bonchev–Trinajstić information content (AvgIpc) is 2.76. The molecule has 2 bridgehead atoms. The first kappa shape index (κ1) is 17.0. The molecule has 0 aromatic carbocycles.